The van der Waals surface area contributed by atoms with Gasteiger partial charge in [-0.2, -0.15) is 0 Å². The van der Waals surface area contributed by atoms with Crippen molar-refractivity contribution in [3.05, 3.63) is 29.8 Å². The van der Waals surface area contributed by atoms with Crippen molar-refractivity contribution < 1.29 is 9.53 Å². The summed E-state index contributed by atoms with van der Waals surface area (Å²) in [5, 5.41) is 3.03. The first-order valence-corrected chi connectivity index (χ1v) is 6.70. The maximum Gasteiger partial charge on any atom is 0.223 e. The van der Waals surface area contributed by atoms with Crippen molar-refractivity contribution in [3.8, 4) is 5.75 Å². The number of nitrogens with one attached hydrogen (secondary N) is 1. The Kier molecular flexibility index (Phi) is 4.62. The van der Waals surface area contributed by atoms with E-state index in [0.717, 1.165) is 31.6 Å². The van der Waals surface area contributed by atoms with E-state index in [4.69, 9.17) is 4.74 Å². The molecule has 0 spiro atoms. The molecule has 3 nitrogen and oxygen atoms in total. The fraction of sp³-hybridized carbons (Fsp3) is 0.533. The van der Waals surface area contributed by atoms with E-state index < -0.39 is 0 Å². The molecule has 0 aromatic heterocycles. The van der Waals surface area contributed by atoms with Gasteiger partial charge in [-0.15, -0.1) is 0 Å². The quantitative estimate of drug-likeness (QED) is 0.868. The van der Waals surface area contributed by atoms with Crippen LogP contribution in [0.1, 0.15) is 31.2 Å². The molecule has 1 amide bonds. The Balaban J connectivity index is 1.72. The summed E-state index contributed by atoms with van der Waals surface area (Å²) < 4.78 is 5.11. The number of carbonyl (C=O) groups excluding carboxylic acids is 1. The maximum atomic E-state index is 11.8. The number of hydrogen-bond donors (Lipinski definition) is 1. The van der Waals surface area contributed by atoms with E-state index in [-0.39, 0.29) is 11.8 Å². The molecule has 0 unspecified atom stereocenters. The SMILES string of the molecule is COc1ccc(CCNC(=O)C2CCCC2)cc1. The molecule has 0 saturated heterocycles. The van der Waals surface area contributed by atoms with Gasteiger partial charge < -0.3 is 10.1 Å². The molecular weight excluding hydrogens is 226 g/mol. The van der Waals surface area contributed by atoms with Crippen LogP contribution in [0.5, 0.6) is 5.75 Å². The highest BCUT2D eigenvalue weighted by molar-refractivity contribution is 5.78. The third kappa shape index (κ3) is 3.49. The molecular formula is C15H21NO2. The van der Waals surface area contributed by atoms with Crippen molar-refractivity contribution in [2.45, 2.75) is 32.1 Å². The van der Waals surface area contributed by atoms with E-state index in [1.165, 1.54) is 18.4 Å². The summed E-state index contributed by atoms with van der Waals surface area (Å²) in [6.45, 7) is 0.724. The first-order valence-electron chi connectivity index (χ1n) is 6.70. The molecule has 0 heterocycles. The smallest absolute Gasteiger partial charge is 0.223 e. The Labute approximate surface area is 109 Å². The lowest BCUT2D eigenvalue weighted by atomic mass is 10.1. The van der Waals surface area contributed by atoms with Crippen LogP contribution in [0.15, 0.2) is 24.3 Å². The topological polar surface area (TPSA) is 38.3 Å². The lowest BCUT2D eigenvalue weighted by Gasteiger charge is -2.10. The molecule has 0 aliphatic heterocycles. The van der Waals surface area contributed by atoms with Gasteiger partial charge >= 0.3 is 0 Å². The van der Waals surface area contributed by atoms with Crippen LogP contribution in [0.3, 0.4) is 0 Å². The highest BCUT2D eigenvalue weighted by atomic mass is 16.5. The third-order valence-corrected chi connectivity index (χ3v) is 3.60. The van der Waals surface area contributed by atoms with Crippen molar-refractivity contribution >= 4 is 5.91 Å². The van der Waals surface area contributed by atoms with Crippen LogP contribution in [-0.4, -0.2) is 19.6 Å². The predicted octanol–water partition coefficient (Wildman–Crippen LogP) is 2.54. The second-order valence-electron chi connectivity index (χ2n) is 4.87. The number of amides is 1. The molecule has 0 radical (unpaired) electrons. The molecule has 2 rings (SSSR count). The number of methoxy groups -OCH3 is 1. The minimum atomic E-state index is 0.237. The van der Waals surface area contributed by atoms with Gasteiger partial charge in [0.2, 0.25) is 5.91 Å². The number of benzene rings is 1. The zero-order valence-electron chi connectivity index (χ0n) is 10.9. The average molecular weight is 247 g/mol. The second-order valence-corrected chi connectivity index (χ2v) is 4.87. The van der Waals surface area contributed by atoms with E-state index in [1.54, 1.807) is 7.11 Å². The number of ether oxygens (including phenoxy) is 1. The summed E-state index contributed by atoms with van der Waals surface area (Å²) in [6, 6.07) is 7.99. The fourth-order valence-electron chi connectivity index (χ4n) is 2.45. The summed E-state index contributed by atoms with van der Waals surface area (Å²) in [5.41, 5.74) is 1.22. The van der Waals surface area contributed by atoms with Gasteiger partial charge in [0.15, 0.2) is 0 Å². The van der Waals surface area contributed by atoms with Crippen molar-refractivity contribution in [2.24, 2.45) is 5.92 Å². The van der Waals surface area contributed by atoms with Crippen molar-refractivity contribution in [1.82, 2.24) is 5.32 Å². The van der Waals surface area contributed by atoms with E-state index in [0.29, 0.717) is 0 Å². The first kappa shape index (κ1) is 12.9. The van der Waals surface area contributed by atoms with Crippen molar-refractivity contribution in [3.63, 3.8) is 0 Å². The molecule has 1 N–H and O–H groups in total. The molecule has 1 saturated carbocycles. The summed E-state index contributed by atoms with van der Waals surface area (Å²) in [7, 11) is 1.66. The van der Waals surface area contributed by atoms with E-state index in [2.05, 4.69) is 5.32 Å². The molecule has 1 fully saturated rings. The van der Waals surface area contributed by atoms with E-state index in [9.17, 15) is 4.79 Å². The van der Waals surface area contributed by atoms with Crippen LogP contribution in [-0.2, 0) is 11.2 Å². The number of hydrogen-bond acceptors (Lipinski definition) is 2. The molecule has 1 aromatic carbocycles. The molecule has 1 aliphatic rings. The Hall–Kier alpha value is -1.51. The van der Waals surface area contributed by atoms with Crippen LogP contribution >= 0.6 is 0 Å². The Morgan fingerprint density at radius 2 is 1.94 bits per heavy atom. The van der Waals surface area contributed by atoms with Gasteiger partial charge in [0, 0.05) is 12.5 Å². The van der Waals surface area contributed by atoms with E-state index in [1.807, 2.05) is 24.3 Å². The Bertz CT molecular complexity index is 380. The standard InChI is InChI=1S/C15H21NO2/c1-18-14-8-6-12(7-9-14)10-11-16-15(17)13-4-2-3-5-13/h6-9,13H,2-5,10-11H2,1H3,(H,16,17). The highest BCUT2D eigenvalue weighted by Gasteiger charge is 2.21. The number of carbonyl (C=O) groups is 1. The average Bonchev–Trinajstić information content (AvgIpc) is 2.93. The van der Waals surface area contributed by atoms with Gasteiger partial charge in [0.25, 0.3) is 0 Å². The zero-order valence-corrected chi connectivity index (χ0v) is 10.9. The van der Waals surface area contributed by atoms with Crippen molar-refractivity contribution in [2.75, 3.05) is 13.7 Å². The maximum absolute atomic E-state index is 11.8. The molecule has 0 bridgehead atoms. The van der Waals surface area contributed by atoms with Gasteiger partial charge in [-0.3, -0.25) is 4.79 Å². The van der Waals surface area contributed by atoms with Gasteiger partial charge in [-0.25, -0.2) is 0 Å². The van der Waals surface area contributed by atoms with Gasteiger partial charge in [0.1, 0.15) is 5.75 Å². The Morgan fingerprint density at radius 3 is 2.56 bits per heavy atom. The molecule has 1 aromatic rings. The third-order valence-electron chi connectivity index (χ3n) is 3.60. The molecule has 1 aliphatic carbocycles. The Morgan fingerprint density at radius 1 is 1.28 bits per heavy atom. The molecule has 18 heavy (non-hydrogen) atoms. The van der Waals surface area contributed by atoms with Gasteiger partial charge in [-0.05, 0) is 37.0 Å². The van der Waals surface area contributed by atoms with Crippen LogP contribution in [0.4, 0.5) is 0 Å². The summed E-state index contributed by atoms with van der Waals surface area (Å²) in [4.78, 5) is 11.8. The normalized spacial score (nSPS) is 15.6. The van der Waals surface area contributed by atoms with Gasteiger partial charge in [-0.1, -0.05) is 25.0 Å². The summed E-state index contributed by atoms with van der Waals surface area (Å²) >= 11 is 0. The highest BCUT2D eigenvalue weighted by Crippen LogP contribution is 2.24. The monoisotopic (exact) mass is 247 g/mol. The van der Waals surface area contributed by atoms with E-state index >= 15 is 0 Å². The predicted molar refractivity (Wildman–Crippen MR) is 71.7 cm³/mol. The lowest BCUT2D eigenvalue weighted by molar-refractivity contribution is -0.124. The second kappa shape index (κ2) is 6.43. The van der Waals surface area contributed by atoms with Crippen LogP contribution in [0.2, 0.25) is 0 Å². The number of rotatable bonds is 5. The minimum Gasteiger partial charge on any atom is -0.497 e. The van der Waals surface area contributed by atoms with Crippen molar-refractivity contribution in [1.29, 1.82) is 0 Å². The molecule has 98 valence electrons. The molecule has 0 atom stereocenters. The molecule has 3 heteroatoms. The van der Waals surface area contributed by atoms with Crippen LogP contribution in [0.25, 0.3) is 0 Å². The lowest BCUT2D eigenvalue weighted by Crippen LogP contribution is -2.30. The first-order chi connectivity index (χ1) is 8.79. The fourth-order valence-corrected chi connectivity index (χ4v) is 2.45. The zero-order chi connectivity index (χ0) is 12.8. The summed E-state index contributed by atoms with van der Waals surface area (Å²) in [5.74, 6) is 1.37. The minimum absolute atomic E-state index is 0.237. The summed E-state index contributed by atoms with van der Waals surface area (Å²) in [6.07, 6.45) is 5.42. The van der Waals surface area contributed by atoms with Crippen LogP contribution in [0, 0.1) is 5.92 Å². The van der Waals surface area contributed by atoms with Gasteiger partial charge in [0.05, 0.1) is 7.11 Å². The largest absolute Gasteiger partial charge is 0.497 e. The van der Waals surface area contributed by atoms with Crippen LogP contribution < -0.4 is 10.1 Å².